The van der Waals surface area contributed by atoms with Gasteiger partial charge in [0.25, 0.3) is 5.56 Å². The van der Waals surface area contributed by atoms with Crippen molar-refractivity contribution in [2.45, 2.75) is 44.8 Å². The third-order valence-corrected chi connectivity index (χ3v) is 7.53. The van der Waals surface area contributed by atoms with E-state index < -0.39 is 0 Å². The Labute approximate surface area is 183 Å². The van der Waals surface area contributed by atoms with Crippen molar-refractivity contribution in [1.82, 2.24) is 9.55 Å². The average Bonchev–Trinajstić information content (AvgIpc) is 3.10. The molecule has 0 fully saturated rings. The Hall–Kier alpha value is -2.32. The van der Waals surface area contributed by atoms with Crippen molar-refractivity contribution in [3.05, 3.63) is 45.1 Å². The number of amides is 1. The number of benzene rings is 1. The number of nitrogens with zero attached hydrogens (tertiary/aromatic N) is 2. The number of aryl methyl sites for hydroxylation is 1. The summed E-state index contributed by atoms with van der Waals surface area (Å²) in [5, 5.41) is 4.26. The molecule has 0 saturated heterocycles. The van der Waals surface area contributed by atoms with E-state index in [1.54, 1.807) is 47.3 Å². The normalized spacial score (nSPS) is 15.8. The fraction of sp³-hybridized carbons (Fsp3) is 0.409. The van der Waals surface area contributed by atoms with Crippen LogP contribution in [0.2, 0.25) is 0 Å². The zero-order chi connectivity index (χ0) is 21.3. The maximum atomic E-state index is 13.2. The van der Waals surface area contributed by atoms with Crippen molar-refractivity contribution >= 4 is 44.9 Å². The van der Waals surface area contributed by atoms with Crippen molar-refractivity contribution in [3.8, 4) is 5.75 Å². The van der Waals surface area contributed by atoms with Crippen LogP contribution in [-0.2, 0) is 24.2 Å². The van der Waals surface area contributed by atoms with E-state index in [1.165, 1.54) is 22.2 Å². The van der Waals surface area contributed by atoms with Gasteiger partial charge in [-0.25, -0.2) is 4.98 Å². The molecule has 2 heterocycles. The Morgan fingerprint density at radius 3 is 2.83 bits per heavy atom. The molecule has 4 rings (SSSR count). The Bertz CT molecular complexity index is 1140. The lowest BCUT2D eigenvalue weighted by molar-refractivity contribution is -0.113. The largest absolute Gasteiger partial charge is 0.497 e. The molecular weight excluding hydrogens is 418 g/mol. The molecule has 1 amide bonds. The molecule has 1 aliphatic rings. The predicted octanol–water partition coefficient (Wildman–Crippen LogP) is 4.34. The van der Waals surface area contributed by atoms with Gasteiger partial charge in [-0.3, -0.25) is 14.2 Å². The third kappa shape index (κ3) is 4.11. The number of anilines is 1. The predicted molar refractivity (Wildman–Crippen MR) is 123 cm³/mol. The van der Waals surface area contributed by atoms with Crippen LogP contribution in [-0.4, -0.2) is 28.3 Å². The van der Waals surface area contributed by atoms with Gasteiger partial charge in [0.05, 0.1) is 18.2 Å². The van der Waals surface area contributed by atoms with Crippen LogP contribution >= 0.6 is 23.1 Å². The number of ether oxygens (including phenoxy) is 1. The molecule has 3 aromatic rings. The minimum absolute atomic E-state index is 0.0209. The second-order valence-corrected chi connectivity index (χ2v) is 9.57. The summed E-state index contributed by atoms with van der Waals surface area (Å²) in [6, 6.07) is 7.19. The van der Waals surface area contributed by atoms with Gasteiger partial charge in [0, 0.05) is 17.1 Å². The zero-order valence-corrected chi connectivity index (χ0v) is 19.0. The first-order valence-corrected chi connectivity index (χ1v) is 11.9. The van der Waals surface area contributed by atoms with Gasteiger partial charge in [-0.15, -0.1) is 11.3 Å². The number of hydrogen-bond donors (Lipinski definition) is 1. The Morgan fingerprint density at radius 1 is 1.37 bits per heavy atom. The summed E-state index contributed by atoms with van der Waals surface area (Å²) in [6.07, 6.45) is 3.09. The maximum Gasteiger partial charge on any atom is 0.263 e. The van der Waals surface area contributed by atoms with Crippen molar-refractivity contribution in [2.75, 3.05) is 18.2 Å². The summed E-state index contributed by atoms with van der Waals surface area (Å²) in [5.74, 6) is 1.43. The molecule has 1 aliphatic carbocycles. The summed E-state index contributed by atoms with van der Waals surface area (Å²) in [4.78, 5) is 32.5. The first kappa shape index (κ1) is 20.9. The Kier molecular flexibility index (Phi) is 6.15. The summed E-state index contributed by atoms with van der Waals surface area (Å²) in [7, 11) is 1.60. The lowest BCUT2D eigenvalue weighted by atomic mass is 9.89. The zero-order valence-electron chi connectivity index (χ0n) is 17.4. The molecule has 0 radical (unpaired) electrons. The molecule has 6 nitrogen and oxygen atoms in total. The van der Waals surface area contributed by atoms with Crippen LogP contribution in [0, 0.1) is 5.92 Å². The molecule has 0 aliphatic heterocycles. The first-order chi connectivity index (χ1) is 14.5. The standard InChI is InChI=1S/C22H25N3O3S2/c1-4-25-21(27)19-16-10-5-13(2)11-17(16)30-20(19)24-22(25)29-12-18(26)23-14-6-8-15(28-3)9-7-14/h6-9,13H,4-5,10-12H2,1-3H3,(H,23,26). The van der Waals surface area contributed by atoms with Gasteiger partial charge >= 0.3 is 0 Å². The lowest BCUT2D eigenvalue weighted by Crippen LogP contribution is -2.24. The molecule has 1 unspecified atom stereocenters. The molecule has 8 heteroatoms. The van der Waals surface area contributed by atoms with Crippen LogP contribution in [0.3, 0.4) is 0 Å². The van der Waals surface area contributed by atoms with Crippen molar-refractivity contribution in [3.63, 3.8) is 0 Å². The molecule has 0 saturated carbocycles. The number of methoxy groups -OCH3 is 1. The van der Waals surface area contributed by atoms with E-state index in [1.807, 2.05) is 6.92 Å². The molecule has 0 bridgehead atoms. The molecule has 158 valence electrons. The maximum absolute atomic E-state index is 13.2. The highest BCUT2D eigenvalue weighted by Crippen LogP contribution is 2.36. The van der Waals surface area contributed by atoms with Gasteiger partial charge in [0.15, 0.2) is 5.16 Å². The lowest BCUT2D eigenvalue weighted by Gasteiger charge is -2.17. The summed E-state index contributed by atoms with van der Waals surface area (Å²) in [5.41, 5.74) is 1.92. The third-order valence-electron chi connectivity index (χ3n) is 5.40. The van der Waals surface area contributed by atoms with Crippen LogP contribution in [0.15, 0.2) is 34.2 Å². The SMILES string of the molecule is CCn1c(SCC(=O)Nc2ccc(OC)cc2)nc2sc3c(c2c1=O)CCC(C)C3. The van der Waals surface area contributed by atoms with Crippen molar-refractivity contribution in [1.29, 1.82) is 0 Å². The highest BCUT2D eigenvalue weighted by molar-refractivity contribution is 7.99. The fourth-order valence-corrected chi connectivity index (χ4v) is 6.08. The fourth-order valence-electron chi connectivity index (χ4n) is 3.80. The highest BCUT2D eigenvalue weighted by atomic mass is 32.2. The van der Waals surface area contributed by atoms with Gasteiger partial charge in [-0.1, -0.05) is 18.7 Å². The Morgan fingerprint density at radius 2 is 2.13 bits per heavy atom. The summed E-state index contributed by atoms with van der Waals surface area (Å²) in [6.45, 7) is 4.73. The number of rotatable bonds is 6. The second-order valence-electron chi connectivity index (χ2n) is 7.54. The van der Waals surface area contributed by atoms with E-state index in [4.69, 9.17) is 9.72 Å². The average molecular weight is 444 g/mol. The topological polar surface area (TPSA) is 73.2 Å². The number of carbonyl (C=O) groups excluding carboxylic acids is 1. The minimum atomic E-state index is -0.138. The molecule has 1 N–H and O–H groups in total. The number of thiophene rings is 1. The number of hydrogen-bond acceptors (Lipinski definition) is 6. The van der Waals surface area contributed by atoms with Crippen LogP contribution < -0.4 is 15.6 Å². The van der Waals surface area contributed by atoms with Gasteiger partial charge < -0.3 is 10.1 Å². The van der Waals surface area contributed by atoms with Crippen molar-refractivity contribution in [2.24, 2.45) is 5.92 Å². The second kappa shape index (κ2) is 8.81. The van der Waals surface area contributed by atoms with E-state index in [0.29, 0.717) is 23.3 Å². The first-order valence-electron chi connectivity index (χ1n) is 10.1. The van der Waals surface area contributed by atoms with Crippen LogP contribution in [0.25, 0.3) is 10.2 Å². The van der Waals surface area contributed by atoms with E-state index in [9.17, 15) is 9.59 Å². The van der Waals surface area contributed by atoms with Gasteiger partial charge in [0.2, 0.25) is 5.91 Å². The molecule has 30 heavy (non-hydrogen) atoms. The molecular formula is C22H25N3O3S2. The monoisotopic (exact) mass is 443 g/mol. The summed E-state index contributed by atoms with van der Waals surface area (Å²) >= 11 is 2.95. The van der Waals surface area contributed by atoms with Crippen LogP contribution in [0.5, 0.6) is 5.75 Å². The number of aromatic nitrogens is 2. The van der Waals surface area contributed by atoms with Gasteiger partial charge in [0.1, 0.15) is 10.6 Å². The molecule has 2 aromatic heterocycles. The number of thioether (sulfide) groups is 1. The van der Waals surface area contributed by atoms with Gasteiger partial charge in [-0.2, -0.15) is 0 Å². The smallest absolute Gasteiger partial charge is 0.263 e. The van der Waals surface area contributed by atoms with Crippen LogP contribution in [0.4, 0.5) is 5.69 Å². The quantitative estimate of drug-likeness (QED) is 0.453. The minimum Gasteiger partial charge on any atom is -0.497 e. The van der Waals surface area contributed by atoms with E-state index in [0.717, 1.165) is 35.2 Å². The van der Waals surface area contributed by atoms with E-state index >= 15 is 0 Å². The van der Waals surface area contributed by atoms with Crippen molar-refractivity contribution < 1.29 is 9.53 Å². The van der Waals surface area contributed by atoms with E-state index in [2.05, 4.69) is 12.2 Å². The van der Waals surface area contributed by atoms with E-state index in [-0.39, 0.29) is 17.2 Å². The van der Waals surface area contributed by atoms with Gasteiger partial charge in [-0.05, 0) is 61.9 Å². The summed E-state index contributed by atoms with van der Waals surface area (Å²) < 4.78 is 6.82. The number of carbonyl (C=O) groups is 1. The molecule has 0 spiro atoms. The molecule has 1 atom stereocenters. The van der Waals surface area contributed by atoms with Crippen LogP contribution in [0.1, 0.15) is 30.7 Å². The highest BCUT2D eigenvalue weighted by Gasteiger charge is 2.24. The Balaban J connectivity index is 1.54. The number of nitrogens with one attached hydrogen (secondary N) is 1. The molecule has 1 aromatic carbocycles. The number of fused-ring (bicyclic) bond motifs is 3.